The second-order valence-corrected chi connectivity index (χ2v) is 6.50. The number of ether oxygens (including phenoxy) is 1. The maximum Gasteiger partial charge on any atom is 0.254 e. The van der Waals surface area contributed by atoms with Crippen LogP contribution in [-0.2, 0) is 13.0 Å². The van der Waals surface area contributed by atoms with Crippen molar-refractivity contribution in [2.24, 2.45) is 0 Å². The first-order chi connectivity index (χ1) is 13.5. The number of nitrogens with zero attached hydrogens (tertiary/aromatic N) is 3. The number of benzene rings is 2. The molecule has 0 bridgehead atoms. The van der Waals surface area contributed by atoms with Crippen LogP contribution < -0.4 is 4.74 Å². The maximum absolute atomic E-state index is 13.4. The van der Waals surface area contributed by atoms with E-state index in [9.17, 15) is 13.6 Å². The SMILES string of the molecule is COc1ccc(-c2ncc3c(n2)CCN(C(=O)c2ccc(F)c(F)c2)C3)cc1. The molecule has 5 nitrogen and oxygen atoms in total. The van der Waals surface area contributed by atoms with Crippen LogP contribution in [0.5, 0.6) is 5.75 Å². The van der Waals surface area contributed by atoms with Gasteiger partial charge in [0.15, 0.2) is 17.5 Å². The second kappa shape index (κ2) is 7.34. The van der Waals surface area contributed by atoms with Gasteiger partial charge in [-0.25, -0.2) is 18.7 Å². The van der Waals surface area contributed by atoms with Crippen molar-refractivity contribution in [3.05, 3.63) is 77.1 Å². The Morgan fingerprint density at radius 3 is 2.61 bits per heavy atom. The van der Waals surface area contributed by atoms with Gasteiger partial charge in [-0.15, -0.1) is 0 Å². The molecule has 4 rings (SSSR count). The molecule has 0 fully saturated rings. The zero-order chi connectivity index (χ0) is 19.7. The summed E-state index contributed by atoms with van der Waals surface area (Å²) >= 11 is 0. The molecule has 1 aliphatic heterocycles. The number of hydrogen-bond donors (Lipinski definition) is 0. The smallest absolute Gasteiger partial charge is 0.254 e. The summed E-state index contributed by atoms with van der Waals surface area (Å²) in [5, 5.41) is 0. The first-order valence-corrected chi connectivity index (χ1v) is 8.78. The molecule has 0 saturated carbocycles. The quantitative estimate of drug-likeness (QED) is 0.695. The Morgan fingerprint density at radius 2 is 1.89 bits per heavy atom. The molecule has 0 atom stereocenters. The first kappa shape index (κ1) is 18.0. The van der Waals surface area contributed by atoms with Crippen molar-refractivity contribution in [1.29, 1.82) is 0 Å². The molecule has 1 aliphatic rings. The molecule has 0 N–H and O–H groups in total. The van der Waals surface area contributed by atoms with Crippen molar-refractivity contribution < 1.29 is 18.3 Å². The number of carbonyl (C=O) groups excluding carboxylic acids is 1. The molecule has 0 unspecified atom stereocenters. The minimum atomic E-state index is -1.03. The van der Waals surface area contributed by atoms with Gasteiger partial charge < -0.3 is 9.64 Å². The molecule has 142 valence electrons. The van der Waals surface area contributed by atoms with E-state index < -0.39 is 11.6 Å². The molecule has 0 saturated heterocycles. The fourth-order valence-corrected chi connectivity index (χ4v) is 3.18. The van der Waals surface area contributed by atoms with E-state index in [0.717, 1.165) is 34.7 Å². The van der Waals surface area contributed by atoms with E-state index in [1.165, 1.54) is 6.07 Å². The average Bonchev–Trinajstić information content (AvgIpc) is 2.74. The normalized spacial score (nSPS) is 13.2. The Balaban J connectivity index is 1.54. The van der Waals surface area contributed by atoms with Crippen LogP contribution in [0.25, 0.3) is 11.4 Å². The number of fused-ring (bicyclic) bond motifs is 1. The number of hydrogen-bond acceptors (Lipinski definition) is 4. The van der Waals surface area contributed by atoms with Gasteiger partial charge in [-0.1, -0.05) is 0 Å². The van der Waals surface area contributed by atoms with E-state index in [4.69, 9.17) is 4.74 Å². The molecular weight excluding hydrogens is 364 g/mol. The van der Waals surface area contributed by atoms with Crippen LogP contribution in [0.3, 0.4) is 0 Å². The zero-order valence-corrected chi connectivity index (χ0v) is 15.2. The van der Waals surface area contributed by atoms with Crippen molar-refractivity contribution >= 4 is 5.91 Å². The van der Waals surface area contributed by atoms with Gasteiger partial charge in [-0.05, 0) is 42.5 Å². The lowest BCUT2D eigenvalue weighted by Crippen LogP contribution is -2.36. The second-order valence-electron chi connectivity index (χ2n) is 6.50. The zero-order valence-electron chi connectivity index (χ0n) is 15.2. The topological polar surface area (TPSA) is 55.3 Å². The Bertz CT molecular complexity index is 1040. The van der Waals surface area contributed by atoms with E-state index >= 15 is 0 Å². The maximum atomic E-state index is 13.4. The van der Waals surface area contributed by atoms with Crippen LogP contribution in [0.4, 0.5) is 8.78 Å². The van der Waals surface area contributed by atoms with Crippen LogP contribution in [-0.4, -0.2) is 34.4 Å². The summed E-state index contributed by atoms with van der Waals surface area (Å²) < 4.78 is 31.7. The van der Waals surface area contributed by atoms with Crippen LogP contribution in [0.15, 0.2) is 48.7 Å². The van der Waals surface area contributed by atoms with E-state index in [1.54, 1.807) is 18.2 Å². The van der Waals surface area contributed by atoms with Crippen LogP contribution in [0.2, 0.25) is 0 Å². The van der Waals surface area contributed by atoms with Gasteiger partial charge in [-0.2, -0.15) is 0 Å². The van der Waals surface area contributed by atoms with Crippen molar-refractivity contribution in [2.75, 3.05) is 13.7 Å². The predicted molar refractivity (Wildman–Crippen MR) is 98.8 cm³/mol. The van der Waals surface area contributed by atoms with Gasteiger partial charge in [0.05, 0.1) is 12.8 Å². The number of aromatic nitrogens is 2. The summed E-state index contributed by atoms with van der Waals surface area (Å²) in [5.74, 6) is -0.977. The monoisotopic (exact) mass is 381 g/mol. The molecule has 28 heavy (non-hydrogen) atoms. The molecule has 2 aromatic carbocycles. The fraction of sp³-hybridized carbons (Fsp3) is 0.190. The van der Waals surface area contributed by atoms with Crippen LogP contribution in [0.1, 0.15) is 21.6 Å². The first-order valence-electron chi connectivity index (χ1n) is 8.78. The molecular formula is C21H17F2N3O2. The summed E-state index contributed by atoms with van der Waals surface area (Å²) in [7, 11) is 1.61. The third-order valence-corrected chi connectivity index (χ3v) is 4.74. The highest BCUT2D eigenvalue weighted by Crippen LogP contribution is 2.24. The van der Waals surface area contributed by atoms with Gasteiger partial charge in [0, 0.05) is 42.4 Å². The number of halogens is 2. The van der Waals surface area contributed by atoms with E-state index in [2.05, 4.69) is 9.97 Å². The fourth-order valence-electron chi connectivity index (χ4n) is 3.18. The standard InChI is InChI=1S/C21H17F2N3O2/c1-28-16-5-2-13(3-6-16)20-24-11-15-12-26(9-8-19(15)25-20)21(27)14-4-7-17(22)18(23)10-14/h2-7,10-11H,8-9,12H2,1H3. The van der Waals surface area contributed by atoms with E-state index in [0.29, 0.717) is 25.3 Å². The number of carbonyl (C=O) groups is 1. The van der Waals surface area contributed by atoms with Gasteiger partial charge in [0.25, 0.3) is 5.91 Å². The average molecular weight is 381 g/mol. The highest BCUT2D eigenvalue weighted by atomic mass is 19.2. The third kappa shape index (κ3) is 3.43. The van der Waals surface area contributed by atoms with Crippen molar-refractivity contribution in [1.82, 2.24) is 14.9 Å². The van der Waals surface area contributed by atoms with Crippen molar-refractivity contribution in [3.63, 3.8) is 0 Å². The molecule has 1 aromatic heterocycles. The van der Waals surface area contributed by atoms with Crippen LogP contribution in [0, 0.1) is 11.6 Å². The molecule has 0 aliphatic carbocycles. The largest absolute Gasteiger partial charge is 0.497 e. The summed E-state index contributed by atoms with van der Waals surface area (Å²) in [4.78, 5) is 23.2. The van der Waals surface area contributed by atoms with Gasteiger partial charge in [0.2, 0.25) is 0 Å². The Kier molecular flexibility index (Phi) is 4.73. The molecule has 2 heterocycles. The molecule has 1 amide bonds. The Labute approximate surface area is 160 Å². The lowest BCUT2D eigenvalue weighted by molar-refractivity contribution is 0.0732. The van der Waals surface area contributed by atoms with Crippen LogP contribution >= 0.6 is 0 Å². The number of methoxy groups -OCH3 is 1. The Hall–Kier alpha value is -3.35. The van der Waals surface area contributed by atoms with Gasteiger partial charge in [0.1, 0.15) is 5.75 Å². The van der Waals surface area contributed by atoms with Gasteiger partial charge in [-0.3, -0.25) is 4.79 Å². The number of rotatable bonds is 3. The van der Waals surface area contributed by atoms with Crippen molar-refractivity contribution in [3.8, 4) is 17.1 Å². The van der Waals surface area contributed by atoms with E-state index in [-0.39, 0.29) is 11.5 Å². The molecule has 3 aromatic rings. The lowest BCUT2D eigenvalue weighted by atomic mass is 10.1. The molecule has 0 spiro atoms. The Morgan fingerprint density at radius 1 is 1.11 bits per heavy atom. The minimum absolute atomic E-state index is 0.123. The minimum Gasteiger partial charge on any atom is -0.497 e. The summed E-state index contributed by atoms with van der Waals surface area (Å²) in [5.41, 5.74) is 2.73. The molecule has 7 heteroatoms. The van der Waals surface area contributed by atoms with Crippen molar-refractivity contribution in [2.45, 2.75) is 13.0 Å². The molecule has 0 radical (unpaired) electrons. The highest BCUT2D eigenvalue weighted by molar-refractivity contribution is 5.94. The summed E-state index contributed by atoms with van der Waals surface area (Å²) in [6, 6.07) is 10.7. The van der Waals surface area contributed by atoms with E-state index in [1.807, 2.05) is 24.3 Å². The lowest BCUT2D eigenvalue weighted by Gasteiger charge is -2.28. The predicted octanol–water partition coefficient (Wildman–Crippen LogP) is 3.63. The van der Waals surface area contributed by atoms with Gasteiger partial charge >= 0.3 is 0 Å². The summed E-state index contributed by atoms with van der Waals surface area (Å²) in [6.45, 7) is 0.778. The number of amides is 1. The summed E-state index contributed by atoms with van der Waals surface area (Å²) in [6.07, 6.45) is 2.28. The third-order valence-electron chi connectivity index (χ3n) is 4.74. The highest BCUT2D eigenvalue weighted by Gasteiger charge is 2.24.